The number of nitrogens with zero attached hydrogens (tertiary/aromatic N) is 1. The number of unbranched alkanes of at least 4 members (excludes halogenated alkanes) is 1. The van der Waals surface area contributed by atoms with E-state index in [0.29, 0.717) is 11.5 Å². The summed E-state index contributed by atoms with van der Waals surface area (Å²) in [4.78, 5) is 17.3. The zero-order valence-electron chi connectivity index (χ0n) is 17.4. The molecule has 0 atom stereocenters. The van der Waals surface area contributed by atoms with Gasteiger partial charge in [0.05, 0.1) is 0 Å². The van der Waals surface area contributed by atoms with Crippen LogP contribution in [0.4, 0.5) is 5.69 Å². The van der Waals surface area contributed by atoms with Gasteiger partial charge in [-0.3, -0.25) is 4.79 Å². The normalized spacial score (nSPS) is 19.4. The Bertz CT molecular complexity index is 983. The topological polar surface area (TPSA) is 55.1 Å². The molecular formula is C25H30N2O2. The summed E-state index contributed by atoms with van der Waals surface area (Å²) >= 11 is 0. The number of anilines is 1. The highest BCUT2D eigenvalue weighted by Crippen LogP contribution is 2.33. The Hall–Kier alpha value is -2.62. The number of rotatable bonds is 6. The molecule has 1 aromatic heterocycles. The third kappa shape index (κ3) is 4.52. The maximum Gasteiger partial charge on any atom is 0.227 e. The minimum absolute atomic E-state index is 0.126. The second-order valence-electron chi connectivity index (χ2n) is 8.37. The van der Waals surface area contributed by atoms with E-state index in [9.17, 15) is 4.79 Å². The van der Waals surface area contributed by atoms with E-state index in [1.54, 1.807) is 0 Å². The monoisotopic (exact) mass is 390 g/mol. The van der Waals surface area contributed by atoms with Crippen molar-refractivity contribution in [3.8, 4) is 11.5 Å². The SMILES string of the molecule is CCCCC1CCC(C(=O)Nc2ccc3nc(-c4ccccc4C)oc3c2)CC1. The number of aryl methyl sites for hydroxylation is 1. The van der Waals surface area contributed by atoms with Gasteiger partial charge in [-0.15, -0.1) is 0 Å². The molecule has 0 spiro atoms. The van der Waals surface area contributed by atoms with Crippen molar-refractivity contribution in [3.63, 3.8) is 0 Å². The molecule has 2 aromatic carbocycles. The minimum atomic E-state index is 0.126. The third-order valence-corrected chi connectivity index (χ3v) is 6.21. The number of carbonyl (C=O) groups excluding carboxylic acids is 1. The van der Waals surface area contributed by atoms with Crippen LogP contribution in [0.1, 0.15) is 57.4 Å². The van der Waals surface area contributed by atoms with Gasteiger partial charge in [0, 0.05) is 23.2 Å². The molecule has 1 fully saturated rings. The number of hydrogen-bond donors (Lipinski definition) is 1. The van der Waals surface area contributed by atoms with Gasteiger partial charge in [-0.2, -0.15) is 0 Å². The maximum atomic E-state index is 12.7. The summed E-state index contributed by atoms with van der Waals surface area (Å²) in [6.45, 7) is 4.29. The number of fused-ring (bicyclic) bond motifs is 1. The first-order valence-corrected chi connectivity index (χ1v) is 10.9. The van der Waals surface area contributed by atoms with Crippen LogP contribution in [0, 0.1) is 18.8 Å². The molecule has 1 amide bonds. The molecule has 0 radical (unpaired) electrons. The third-order valence-electron chi connectivity index (χ3n) is 6.21. The van der Waals surface area contributed by atoms with Gasteiger partial charge >= 0.3 is 0 Å². The second kappa shape index (κ2) is 8.81. The van der Waals surface area contributed by atoms with Gasteiger partial charge in [0.15, 0.2) is 5.58 Å². The molecule has 29 heavy (non-hydrogen) atoms. The number of amides is 1. The lowest BCUT2D eigenvalue weighted by Gasteiger charge is -2.27. The lowest BCUT2D eigenvalue weighted by Crippen LogP contribution is -2.27. The van der Waals surface area contributed by atoms with Gasteiger partial charge in [-0.25, -0.2) is 4.98 Å². The van der Waals surface area contributed by atoms with Gasteiger partial charge in [0.1, 0.15) is 5.52 Å². The summed E-state index contributed by atoms with van der Waals surface area (Å²) in [5, 5.41) is 3.10. The van der Waals surface area contributed by atoms with E-state index in [1.165, 1.54) is 32.1 Å². The zero-order valence-corrected chi connectivity index (χ0v) is 17.4. The number of benzene rings is 2. The molecule has 0 unspecified atom stereocenters. The van der Waals surface area contributed by atoms with Crippen molar-refractivity contribution in [3.05, 3.63) is 48.0 Å². The standard InChI is InChI=1S/C25H30N2O2/c1-3-4-8-18-10-12-19(13-11-18)24(28)26-20-14-15-22-23(16-20)29-25(27-22)21-9-6-5-7-17(21)2/h5-7,9,14-16,18-19H,3-4,8,10-13H2,1-2H3,(H,26,28). The van der Waals surface area contributed by atoms with Crippen LogP contribution >= 0.6 is 0 Å². The smallest absolute Gasteiger partial charge is 0.227 e. The summed E-state index contributed by atoms with van der Waals surface area (Å²) < 4.78 is 5.99. The van der Waals surface area contributed by atoms with Gasteiger partial charge in [0.2, 0.25) is 11.8 Å². The van der Waals surface area contributed by atoms with Crippen LogP contribution in [0.3, 0.4) is 0 Å². The predicted molar refractivity (Wildman–Crippen MR) is 118 cm³/mol. The van der Waals surface area contributed by atoms with Gasteiger partial charge in [-0.1, -0.05) is 44.4 Å². The van der Waals surface area contributed by atoms with Crippen molar-refractivity contribution in [1.82, 2.24) is 4.98 Å². The molecule has 1 aliphatic rings. The first kappa shape index (κ1) is 19.7. The number of oxazole rings is 1. The van der Waals surface area contributed by atoms with Gasteiger partial charge in [0.25, 0.3) is 0 Å². The molecule has 1 heterocycles. The van der Waals surface area contributed by atoms with Gasteiger partial charge < -0.3 is 9.73 Å². The Labute approximate surface area is 172 Å². The largest absolute Gasteiger partial charge is 0.436 e. The Morgan fingerprint density at radius 1 is 1.14 bits per heavy atom. The number of nitrogens with one attached hydrogen (secondary N) is 1. The Morgan fingerprint density at radius 3 is 2.69 bits per heavy atom. The molecule has 0 bridgehead atoms. The Kier molecular flexibility index (Phi) is 5.98. The molecular weight excluding hydrogens is 360 g/mol. The lowest BCUT2D eigenvalue weighted by atomic mass is 9.79. The molecule has 3 aromatic rings. The highest BCUT2D eigenvalue weighted by Gasteiger charge is 2.26. The molecule has 0 aliphatic heterocycles. The molecule has 152 valence electrons. The zero-order chi connectivity index (χ0) is 20.2. The van der Waals surface area contributed by atoms with E-state index in [0.717, 1.165) is 41.1 Å². The molecule has 4 nitrogen and oxygen atoms in total. The van der Waals surface area contributed by atoms with Crippen LogP contribution in [0.2, 0.25) is 0 Å². The molecule has 1 N–H and O–H groups in total. The highest BCUT2D eigenvalue weighted by molar-refractivity contribution is 5.94. The van der Waals surface area contributed by atoms with E-state index >= 15 is 0 Å². The summed E-state index contributed by atoms with van der Waals surface area (Å²) in [6, 6.07) is 13.8. The predicted octanol–water partition coefficient (Wildman–Crippen LogP) is 6.74. The number of carbonyl (C=O) groups is 1. The van der Waals surface area contributed by atoms with Crippen molar-refractivity contribution in [2.45, 2.75) is 58.8 Å². The second-order valence-corrected chi connectivity index (χ2v) is 8.37. The number of aromatic nitrogens is 1. The first-order valence-electron chi connectivity index (χ1n) is 10.9. The fourth-order valence-electron chi connectivity index (χ4n) is 4.38. The van der Waals surface area contributed by atoms with Crippen molar-refractivity contribution >= 4 is 22.7 Å². The lowest BCUT2D eigenvalue weighted by molar-refractivity contribution is -0.121. The summed E-state index contributed by atoms with van der Waals surface area (Å²) in [5.41, 5.74) is 4.40. The summed E-state index contributed by atoms with van der Waals surface area (Å²) in [6.07, 6.45) is 8.25. The van der Waals surface area contributed by atoms with E-state index in [2.05, 4.69) is 17.2 Å². The van der Waals surface area contributed by atoms with E-state index < -0.39 is 0 Å². The van der Waals surface area contributed by atoms with E-state index in [1.807, 2.05) is 49.4 Å². The summed E-state index contributed by atoms with van der Waals surface area (Å²) in [7, 11) is 0. The molecule has 4 rings (SSSR count). The highest BCUT2D eigenvalue weighted by atomic mass is 16.3. The van der Waals surface area contributed by atoms with Crippen LogP contribution in [0.5, 0.6) is 0 Å². The van der Waals surface area contributed by atoms with Crippen LogP contribution < -0.4 is 5.32 Å². The average Bonchev–Trinajstić information content (AvgIpc) is 3.16. The van der Waals surface area contributed by atoms with Crippen molar-refractivity contribution < 1.29 is 9.21 Å². The van der Waals surface area contributed by atoms with Gasteiger partial charge in [-0.05, 0) is 62.3 Å². The van der Waals surface area contributed by atoms with Crippen LogP contribution in [-0.2, 0) is 4.79 Å². The summed E-state index contributed by atoms with van der Waals surface area (Å²) in [5.74, 6) is 1.69. The Morgan fingerprint density at radius 2 is 1.93 bits per heavy atom. The van der Waals surface area contributed by atoms with Crippen molar-refractivity contribution in [2.24, 2.45) is 11.8 Å². The van der Waals surface area contributed by atoms with Crippen LogP contribution in [-0.4, -0.2) is 10.9 Å². The van der Waals surface area contributed by atoms with Crippen LogP contribution in [0.25, 0.3) is 22.6 Å². The molecule has 4 heteroatoms. The Balaban J connectivity index is 1.42. The average molecular weight is 391 g/mol. The minimum Gasteiger partial charge on any atom is -0.436 e. The molecule has 1 saturated carbocycles. The van der Waals surface area contributed by atoms with Crippen LogP contribution in [0.15, 0.2) is 46.9 Å². The quantitative estimate of drug-likeness (QED) is 0.507. The van der Waals surface area contributed by atoms with Crippen molar-refractivity contribution in [1.29, 1.82) is 0 Å². The fraction of sp³-hybridized carbons (Fsp3) is 0.440. The van der Waals surface area contributed by atoms with Crippen molar-refractivity contribution in [2.75, 3.05) is 5.32 Å². The first-order chi connectivity index (χ1) is 14.1. The fourth-order valence-corrected chi connectivity index (χ4v) is 4.38. The number of hydrogen-bond acceptors (Lipinski definition) is 3. The molecule has 1 aliphatic carbocycles. The molecule has 0 saturated heterocycles. The van der Waals surface area contributed by atoms with E-state index in [-0.39, 0.29) is 11.8 Å². The van der Waals surface area contributed by atoms with E-state index in [4.69, 9.17) is 4.42 Å². The maximum absolute atomic E-state index is 12.7.